The third-order valence-electron chi connectivity index (χ3n) is 2.20. The van der Waals surface area contributed by atoms with E-state index in [1.165, 1.54) is 11.5 Å². The molecule has 4 nitrogen and oxygen atoms in total. The number of pyridine rings is 1. The highest BCUT2D eigenvalue weighted by Gasteiger charge is 2.01. The van der Waals surface area contributed by atoms with Crippen LogP contribution in [0.1, 0.15) is 24.0 Å². The molecule has 2 aromatic rings. The van der Waals surface area contributed by atoms with E-state index in [1.54, 1.807) is 0 Å². The molecule has 0 saturated carbocycles. The summed E-state index contributed by atoms with van der Waals surface area (Å²) in [7, 11) is 0. The zero-order chi connectivity index (χ0) is 11.4. The first-order valence-corrected chi connectivity index (χ1v) is 6.03. The summed E-state index contributed by atoms with van der Waals surface area (Å²) in [6.07, 6.45) is 2.76. The van der Waals surface area contributed by atoms with E-state index in [0.29, 0.717) is 0 Å². The third-order valence-corrected chi connectivity index (χ3v) is 2.91. The quantitative estimate of drug-likeness (QED) is 0.882. The second-order valence-electron chi connectivity index (χ2n) is 3.53. The van der Waals surface area contributed by atoms with Gasteiger partial charge in [-0.1, -0.05) is 13.0 Å². The lowest BCUT2D eigenvalue weighted by Crippen LogP contribution is -1.99. The van der Waals surface area contributed by atoms with Gasteiger partial charge in [-0.3, -0.25) is 4.98 Å². The van der Waals surface area contributed by atoms with Crippen LogP contribution in [0, 0.1) is 6.92 Å². The lowest BCUT2D eigenvalue weighted by atomic mass is 10.2. The van der Waals surface area contributed by atoms with Crippen LogP contribution in [0.2, 0.25) is 0 Å². The first-order chi connectivity index (χ1) is 7.78. The van der Waals surface area contributed by atoms with Gasteiger partial charge >= 0.3 is 0 Å². The van der Waals surface area contributed by atoms with Crippen molar-refractivity contribution in [1.82, 2.24) is 14.3 Å². The zero-order valence-corrected chi connectivity index (χ0v) is 10.2. The fraction of sp³-hybridized carbons (Fsp3) is 0.364. The molecule has 2 rings (SSSR count). The first-order valence-electron chi connectivity index (χ1n) is 5.26. The molecule has 0 aliphatic rings. The Kier molecular flexibility index (Phi) is 3.46. The summed E-state index contributed by atoms with van der Waals surface area (Å²) in [5.74, 6) is 0.898. The fourth-order valence-corrected chi connectivity index (χ4v) is 1.89. The molecular formula is C11H14N4S. The van der Waals surface area contributed by atoms with Gasteiger partial charge in [-0.05, 0) is 18.6 Å². The number of nitrogens with zero attached hydrogens (tertiary/aromatic N) is 3. The molecular weight excluding hydrogens is 220 g/mol. The first kappa shape index (κ1) is 11.0. The van der Waals surface area contributed by atoms with Gasteiger partial charge in [0.2, 0.25) is 5.13 Å². The molecule has 2 heterocycles. The van der Waals surface area contributed by atoms with E-state index in [1.807, 2.05) is 19.2 Å². The molecule has 16 heavy (non-hydrogen) atoms. The summed E-state index contributed by atoms with van der Waals surface area (Å²) < 4.78 is 4.21. The van der Waals surface area contributed by atoms with Gasteiger partial charge in [-0.25, -0.2) is 4.98 Å². The van der Waals surface area contributed by atoms with Crippen molar-refractivity contribution < 1.29 is 0 Å². The lowest BCUT2D eigenvalue weighted by molar-refractivity contribution is 0.991. The Morgan fingerprint density at radius 1 is 1.38 bits per heavy atom. The predicted octanol–water partition coefficient (Wildman–Crippen LogP) is 2.42. The molecule has 5 heteroatoms. The van der Waals surface area contributed by atoms with Gasteiger partial charge in [0.25, 0.3) is 0 Å². The van der Waals surface area contributed by atoms with Crippen molar-refractivity contribution in [2.45, 2.75) is 26.8 Å². The van der Waals surface area contributed by atoms with Gasteiger partial charge < -0.3 is 5.32 Å². The third kappa shape index (κ3) is 2.76. The predicted molar refractivity (Wildman–Crippen MR) is 65.6 cm³/mol. The van der Waals surface area contributed by atoms with Crippen molar-refractivity contribution in [2.75, 3.05) is 5.32 Å². The molecule has 0 spiro atoms. The number of aryl methyl sites for hydroxylation is 2. The average Bonchev–Trinajstić information content (AvgIpc) is 2.76. The summed E-state index contributed by atoms with van der Waals surface area (Å²) in [5.41, 5.74) is 2.19. The summed E-state index contributed by atoms with van der Waals surface area (Å²) in [6.45, 7) is 4.77. The highest BCUT2D eigenvalue weighted by Crippen LogP contribution is 2.12. The second-order valence-corrected chi connectivity index (χ2v) is 4.28. The van der Waals surface area contributed by atoms with Gasteiger partial charge in [0.1, 0.15) is 5.82 Å². The fourth-order valence-electron chi connectivity index (χ4n) is 1.25. The van der Waals surface area contributed by atoms with E-state index in [-0.39, 0.29) is 0 Å². The van der Waals surface area contributed by atoms with Crippen molar-refractivity contribution >= 4 is 16.7 Å². The van der Waals surface area contributed by atoms with E-state index >= 15 is 0 Å². The zero-order valence-electron chi connectivity index (χ0n) is 9.40. The van der Waals surface area contributed by atoms with Crippen LogP contribution in [0.5, 0.6) is 0 Å². The molecule has 0 aromatic carbocycles. The van der Waals surface area contributed by atoms with Crippen LogP contribution in [-0.4, -0.2) is 14.3 Å². The van der Waals surface area contributed by atoms with Crippen LogP contribution in [0.3, 0.4) is 0 Å². The van der Waals surface area contributed by atoms with Crippen LogP contribution >= 0.6 is 11.5 Å². The van der Waals surface area contributed by atoms with Gasteiger partial charge in [0.15, 0.2) is 0 Å². The molecule has 0 atom stereocenters. The highest BCUT2D eigenvalue weighted by atomic mass is 32.1. The monoisotopic (exact) mass is 234 g/mol. The number of aromatic nitrogens is 3. The van der Waals surface area contributed by atoms with Crippen LogP contribution in [0.25, 0.3) is 0 Å². The maximum Gasteiger partial charge on any atom is 0.202 e. The summed E-state index contributed by atoms with van der Waals surface area (Å²) >= 11 is 1.40. The smallest absolute Gasteiger partial charge is 0.202 e. The Morgan fingerprint density at radius 3 is 2.88 bits per heavy atom. The van der Waals surface area contributed by atoms with Crippen molar-refractivity contribution in [1.29, 1.82) is 0 Å². The Morgan fingerprint density at radius 2 is 2.25 bits per heavy atom. The van der Waals surface area contributed by atoms with Crippen LogP contribution in [-0.2, 0) is 13.0 Å². The van der Waals surface area contributed by atoms with Gasteiger partial charge in [-0.2, -0.15) is 4.37 Å². The highest BCUT2D eigenvalue weighted by molar-refractivity contribution is 7.09. The van der Waals surface area contributed by atoms with Crippen molar-refractivity contribution in [3.8, 4) is 0 Å². The minimum absolute atomic E-state index is 0.742. The maximum absolute atomic E-state index is 4.34. The number of hydrogen-bond donors (Lipinski definition) is 1. The topological polar surface area (TPSA) is 50.7 Å². The maximum atomic E-state index is 4.34. The summed E-state index contributed by atoms with van der Waals surface area (Å²) in [4.78, 5) is 8.58. The molecule has 0 saturated heterocycles. The van der Waals surface area contributed by atoms with Crippen molar-refractivity contribution in [3.63, 3.8) is 0 Å². The Bertz CT molecular complexity index is 449. The number of hydrogen-bond acceptors (Lipinski definition) is 5. The largest absolute Gasteiger partial charge is 0.356 e. The average molecular weight is 234 g/mol. The lowest BCUT2D eigenvalue weighted by Gasteiger charge is -2.01. The van der Waals surface area contributed by atoms with Crippen LogP contribution in [0.4, 0.5) is 5.13 Å². The van der Waals surface area contributed by atoms with E-state index in [4.69, 9.17) is 0 Å². The number of nitrogens with one attached hydrogen (secondary N) is 1. The van der Waals surface area contributed by atoms with Crippen molar-refractivity contribution in [2.24, 2.45) is 0 Å². The van der Waals surface area contributed by atoms with Gasteiger partial charge in [-0.15, -0.1) is 0 Å². The Hall–Kier alpha value is -1.49. The number of anilines is 1. The summed E-state index contributed by atoms with van der Waals surface area (Å²) in [5, 5.41) is 4.11. The molecule has 0 aliphatic heterocycles. The normalized spacial score (nSPS) is 10.4. The minimum atomic E-state index is 0.742. The van der Waals surface area contributed by atoms with E-state index < -0.39 is 0 Å². The summed E-state index contributed by atoms with van der Waals surface area (Å²) in [6, 6.07) is 4.08. The van der Waals surface area contributed by atoms with Gasteiger partial charge in [0.05, 0.1) is 0 Å². The molecule has 1 N–H and O–H groups in total. The van der Waals surface area contributed by atoms with E-state index in [9.17, 15) is 0 Å². The van der Waals surface area contributed by atoms with Crippen molar-refractivity contribution in [3.05, 3.63) is 35.4 Å². The second kappa shape index (κ2) is 5.03. The van der Waals surface area contributed by atoms with E-state index in [2.05, 4.69) is 32.6 Å². The van der Waals surface area contributed by atoms with Crippen LogP contribution in [0.15, 0.2) is 18.3 Å². The molecule has 0 unspecified atom stereocenters. The standard InChI is InChI=1S/C11H14N4S/c1-3-10-14-11(16-15-10)13-7-9-5-4-8(2)12-6-9/h4-6H,3,7H2,1-2H3,(H,13,14,15). The molecule has 0 bridgehead atoms. The molecule has 84 valence electrons. The van der Waals surface area contributed by atoms with Crippen LogP contribution < -0.4 is 5.32 Å². The minimum Gasteiger partial charge on any atom is -0.356 e. The SMILES string of the molecule is CCc1nsc(NCc2ccc(C)nc2)n1. The number of rotatable bonds is 4. The molecule has 0 fully saturated rings. The molecule has 0 amide bonds. The Labute approximate surface area is 98.9 Å². The molecule has 0 radical (unpaired) electrons. The van der Waals surface area contributed by atoms with Gasteiger partial charge in [0, 0.05) is 36.4 Å². The molecule has 0 aliphatic carbocycles. The Balaban J connectivity index is 1.94. The molecule has 2 aromatic heterocycles. The van der Waals surface area contributed by atoms with E-state index in [0.717, 1.165) is 35.2 Å².